The van der Waals surface area contributed by atoms with Gasteiger partial charge in [0.2, 0.25) is 0 Å². The van der Waals surface area contributed by atoms with Crippen LogP contribution >= 0.6 is 7.82 Å². The highest BCUT2D eigenvalue weighted by molar-refractivity contribution is 7.46. The molecule has 0 aromatic carbocycles. The van der Waals surface area contributed by atoms with Gasteiger partial charge in [-0.2, -0.15) is 0 Å². The Labute approximate surface area is 159 Å². The Bertz CT molecular complexity index is 422. The number of phosphoric ester groups is 1. The molecule has 0 aliphatic carbocycles. The van der Waals surface area contributed by atoms with E-state index < -0.39 is 26.1 Å². The van der Waals surface area contributed by atoms with Crippen LogP contribution in [0.4, 0.5) is 0 Å². The maximum absolute atomic E-state index is 11.8. The molecule has 0 fully saturated rings. The Morgan fingerprint density at radius 2 is 1.58 bits per heavy atom. The van der Waals surface area contributed by atoms with Gasteiger partial charge in [-0.3, -0.25) is 4.52 Å². The molecule has 7 nitrogen and oxygen atoms in total. The van der Waals surface area contributed by atoms with Crippen LogP contribution in [0.1, 0.15) is 71.6 Å². The SMILES string of the molecule is CCCCCC(C(CCCCC)(CC(O)CO)OP(=O)(O)O)[N+](C)(C)C. The minimum absolute atomic E-state index is 0.00460. The molecule has 0 saturated heterocycles. The van der Waals surface area contributed by atoms with E-state index in [0.717, 1.165) is 44.9 Å². The van der Waals surface area contributed by atoms with Crippen molar-refractivity contribution in [3.8, 4) is 0 Å². The van der Waals surface area contributed by atoms with Crippen molar-refractivity contribution in [3.63, 3.8) is 0 Å². The second-order valence-corrected chi connectivity index (χ2v) is 9.44. The van der Waals surface area contributed by atoms with Crippen molar-refractivity contribution in [2.24, 2.45) is 0 Å². The molecule has 26 heavy (non-hydrogen) atoms. The van der Waals surface area contributed by atoms with Gasteiger partial charge in [0, 0.05) is 12.8 Å². The normalized spacial score (nSPS) is 17.7. The minimum atomic E-state index is -4.77. The number of aliphatic hydroxyl groups is 2. The van der Waals surface area contributed by atoms with Crippen molar-refractivity contribution in [2.45, 2.75) is 89.4 Å². The molecule has 0 bridgehead atoms. The summed E-state index contributed by atoms with van der Waals surface area (Å²) in [7, 11) is 1.19. The number of hydrogen-bond donors (Lipinski definition) is 4. The Balaban J connectivity index is 5.95. The highest BCUT2D eigenvalue weighted by Crippen LogP contribution is 2.49. The lowest BCUT2D eigenvalue weighted by Crippen LogP contribution is -2.60. The summed E-state index contributed by atoms with van der Waals surface area (Å²) in [4.78, 5) is 19.2. The summed E-state index contributed by atoms with van der Waals surface area (Å²) in [5.74, 6) is 0. The first-order chi connectivity index (χ1) is 11.9. The van der Waals surface area contributed by atoms with Crippen LogP contribution in [-0.4, -0.2) is 70.0 Å². The van der Waals surface area contributed by atoms with Crippen LogP contribution < -0.4 is 0 Å². The van der Waals surface area contributed by atoms with E-state index >= 15 is 0 Å². The summed E-state index contributed by atoms with van der Waals surface area (Å²) in [5, 5.41) is 19.5. The lowest BCUT2D eigenvalue weighted by Gasteiger charge is -2.47. The number of phosphoric acid groups is 1. The number of hydrogen-bond acceptors (Lipinski definition) is 4. The number of rotatable bonds is 15. The van der Waals surface area contributed by atoms with E-state index in [-0.39, 0.29) is 12.5 Å². The lowest BCUT2D eigenvalue weighted by molar-refractivity contribution is -0.904. The average Bonchev–Trinajstić information content (AvgIpc) is 2.48. The first kappa shape index (κ1) is 26.0. The Morgan fingerprint density at radius 3 is 2.00 bits per heavy atom. The van der Waals surface area contributed by atoms with Crippen LogP contribution in [0.25, 0.3) is 0 Å². The van der Waals surface area contributed by atoms with Gasteiger partial charge in [-0.25, -0.2) is 4.57 Å². The predicted molar refractivity (Wildman–Crippen MR) is 104 cm³/mol. The maximum atomic E-state index is 11.8. The number of aliphatic hydroxyl groups excluding tert-OH is 2. The molecule has 3 atom stereocenters. The fourth-order valence-corrected chi connectivity index (χ4v) is 4.63. The van der Waals surface area contributed by atoms with Crippen LogP contribution in [0, 0.1) is 0 Å². The van der Waals surface area contributed by atoms with Gasteiger partial charge in [0.25, 0.3) is 0 Å². The summed E-state index contributed by atoms with van der Waals surface area (Å²) < 4.78 is 17.7. The van der Waals surface area contributed by atoms with E-state index in [1.165, 1.54) is 0 Å². The van der Waals surface area contributed by atoms with Gasteiger partial charge in [-0.1, -0.05) is 46.0 Å². The first-order valence-corrected chi connectivity index (χ1v) is 11.3. The zero-order valence-electron chi connectivity index (χ0n) is 17.2. The quantitative estimate of drug-likeness (QED) is 0.192. The number of unbranched alkanes of at least 4 members (excludes halogenated alkanes) is 4. The van der Waals surface area contributed by atoms with Crippen LogP contribution in [0.3, 0.4) is 0 Å². The molecule has 8 heteroatoms. The van der Waals surface area contributed by atoms with Crippen LogP contribution in [0.5, 0.6) is 0 Å². The van der Waals surface area contributed by atoms with Gasteiger partial charge < -0.3 is 24.5 Å². The van der Waals surface area contributed by atoms with E-state index in [9.17, 15) is 24.6 Å². The molecule has 0 saturated carbocycles. The van der Waals surface area contributed by atoms with Crippen molar-refractivity contribution < 1.29 is 33.6 Å². The van der Waals surface area contributed by atoms with Gasteiger partial charge in [-0.15, -0.1) is 0 Å². The van der Waals surface area contributed by atoms with E-state index in [1.807, 2.05) is 21.1 Å². The molecule has 0 rings (SSSR count). The maximum Gasteiger partial charge on any atom is 0.470 e. The third kappa shape index (κ3) is 9.79. The van der Waals surface area contributed by atoms with Gasteiger partial charge in [0.1, 0.15) is 11.6 Å². The molecule has 3 unspecified atom stereocenters. The zero-order chi connectivity index (χ0) is 20.4. The smallest absolute Gasteiger partial charge is 0.394 e. The van der Waals surface area contributed by atoms with E-state index in [0.29, 0.717) is 10.9 Å². The predicted octanol–water partition coefficient (Wildman–Crippen LogP) is 2.81. The van der Waals surface area contributed by atoms with Crippen molar-refractivity contribution >= 4 is 7.82 Å². The molecule has 158 valence electrons. The Hall–Kier alpha value is -0.0100. The second-order valence-electron chi connectivity index (χ2n) is 8.27. The third-order valence-electron chi connectivity index (χ3n) is 4.92. The van der Waals surface area contributed by atoms with E-state index in [4.69, 9.17) is 4.52 Å². The Morgan fingerprint density at radius 1 is 1.04 bits per heavy atom. The lowest BCUT2D eigenvalue weighted by atomic mass is 9.79. The number of quaternary nitrogens is 1. The molecular formula is C18H41NO6P+. The van der Waals surface area contributed by atoms with Crippen molar-refractivity contribution in [2.75, 3.05) is 27.7 Å². The molecule has 0 amide bonds. The van der Waals surface area contributed by atoms with E-state index in [2.05, 4.69) is 13.8 Å². The van der Waals surface area contributed by atoms with Crippen molar-refractivity contribution in [1.29, 1.82) is 0 Å². The number of nitrogens with zero attached hydrogens (tertiary/aromatic N) is 1. The minimum Gasteiger partial charge on any atom is -0.394 e. The molecule has 0 heterocycles. The fraction of sp³-hybridized carbons (Fsp3) is 1.00. The summed E-state index contributed by atoms with van der Waals surface area (Å²) in [6.45, 7) is 3.71. The average molecular weight is 399 g/mol. The summed E-state index contributed by atoms with van der Waals surface area (Å²) in [6.07, 6.45) is 5.74. The summed E-state index contributed by atoms with van der Waals surface area (Å²) in [6, 6.07) is -0.209. The fourth-order valence-electron chi connectivity index (χ4n) is 3.87. The zero-order valence-corrected chi connectivity index (χ0v) is 18.1. The highest BCUT2D eigenvalue weighted by Gasteiger charge is 2.51. The van der Waals surface area contributed by atoms with Gasteiger partial charge >= 0.3 is 7.82 Å². The monoisotopic (exact) mass is 398 g/mol. The standard InChI is InChI=1S/C18H40NO6P/c1-6-8-10-12-17(19(3,4)5)18(13-11-9-7-2,14-16(21)15-20)25-26(22,23)24/h16-17,20-21H,6-15H2,1-5H3,(H-,22,23,24)/p+1. The molecule has 0 aliphatic rings. The van der Waals surface area contributed by atoms with E-state index in [1.54, 1.807) is 0 Å². The van der Waals surface area contributed by atoms with Crippen LogP contribution in [-0.2, 0) is 9.09 Å². The van der Waals surface area contributed by atoms with Crippen LogP contribution in [0.2, 0.25) is 0 Å². The largest absolute Gasteiger partial charge is 0.470 e. The van der Waals surface area contributed by atoms with Crippen molar-refractivity contribution in [1.82, 2.24) is 0 Å². The van der Waals surface area contributed by atoms with Crippen LogP contribution in [0.15, 0.2) is 0 Å². The topological polar surface area (TPSA) is 107 Å². The summed E-state index contributed by atoms with van der Waals surface area (Å²) in [5.41, 5.74) is -1.19. The first-order valence-electron chi connectivity index (χ1n) is 9.78. The molecule has 0 aromatic rings. The second kappa shape index (κ2) is 11.7. The molecule has 0 aliphatic heterocycles. The molecular weight excluding hydrogens is 357 g/mol. The Kier molecular flexibility index (Phi) is 11.7. The van der Waals surface area contributed by atoms with Gasteiger partial charge in [0.05, 0.1) is 33.9 Å². The van der Waals surface area contributed by atoms with Gasteiger partial charge in [-0.05, 0) is 12.8 Å². The molecule has 0 spiro atoms. The number of likely N-dealkylation sites (N-methyl/N-ethyl adjacent to an activating group) is 1. The third-order valence-corrected chi connectivity index (χ3v) is 5.52. The van der Waals surface area contributed by atoms with Crippen molar-refractivity contribution in [3.05, 3.63) is 0 Å². The summed E-state index contributed by atoms with van der Waals surface area (Å²) >= 11 is 0. The highest BCUT2D eigenvalue weighted by atomic mass is 31.2. The van der Waals surface area contributed by atoms with Gasteiger partial charge in [0.15, 0.2) is 0 Å². The molecule has 4 N–H and O–H groups in total. The molecule has 0 aromatic heterocycles. The molecule has 0 radical (unpaired) electrons.